The molecule has 0 bridgehead atoms. The van der Waals surface area contributed by atoms with Crippen molar-refractivity contribution < 1.29 is 27.2 Å². The molecule has 0 radical (unpaired) electrons. The Morgan fingerprint density at radius 3 is 2.74 bits per heavy atom. The van der Waals surface area contributed by atoms with Crippen molar-refractivity contribution in [2.24, 2.45) is 7.05 Å². The molecule has 34 heavy (non-hydrogen) atoms. The molecule has 1 aliphatic rings. The van der Waals surface area contributed by atoms with Crippen molar-refractivity contribution in [1.29, 1.82) is 0 Å². The monoisotopic (exact) mass is 472 g/mol. The molecule has 1 saturated heterocycles. The molecule has 1 N–H and O–H groups in total. The second kappa shape index (κ2) is 8.46. The summed E-state index contributed by atoms with van der Waals surface area (Å²) in [6, 6.07) is 5.10. The molecule has 14 heteroatoms. The molecule has 0 unspecified atom stereocenters. The van der Waals surface area contributed by atoms with Crippen LogP contribution in [0.4, 0.5) is 29.5 Å². The van der Waals surface area contributed by atoms with Gasteiger partial charge in [0.1, 0.15) is 23.9 Å². The second-order valence-corrected chi connectivity index (χ2v) is 7.30. The summed E-state index contributed by atoms with van der Waals surface area (Å²) in [5.41, 5.74) is -0.878. The van der Waals surface area contributed by atoms with E-state index >= 15 is 0 Å². The predicted molar refractivity (Wildman–Crippen MR) is 110 cm³/mol. The maximum absolute atomic E-state index is 15.0. The number of anilines is 2. The molecule has 1 atom stereocenters. The fourth-order valence-corrected chi connectivity index (χ4v) is 3.45. The van der Waals surface area contributed by atoms with E-state index in [1.807, 2.05) is 0 Å². The summed E-state index contributed by atoms with van der Waals surface area (Å²) < 4.78 is 54.7. The Hall–Kier alpha value is -4.49. The van der Waals surface area contributed by atoms with Gasteiger partial charge in [-0.25, -0.2) is 18.0 Å². The molecule has 3 aromatic heterocycles. The summed E-state index contributed by atoms with van der Waals surface area (Å²) in [6.45, 7) is 0.0122. The maximum Gasteiger partial charge on any atom is 0.414 e. The highest BCUT2D eigenvalue weighted by Gasteiger charge is 2.36. The van der Waals surface area contributed by atoms with Crippen LogP contribution in [0.15, 0.2) is 41.2 Å². The van der Waals surface area contributed by atoms with Crippen molar-refractivity contribution in [3.8, 4) is 22.6 Å². The van der Waals surface area contributed by atoms with Gasteiger partial charge in [0, 0.05) is 23.9 Å². The van der Waals surface area contributed by atoms with Gasteiger partial charge in [0.2, 0.25) is 5.82 Å². The van der Waals surface area contributed by atoms with Crippen LogP contribution < -0.4 is 10.2 Å². The first-order valence-corrected chi connectivity index (χ1v) is 9.91. The van der Waals surface area contributed by atoms with E-state index in [2.05, 4.69) is 35.4 Å². The Bertz CT molecular complexity index is 1340. The number of nitrogens with zero attached hydrogens (tertiary/aromatic N) is 7. The first kappa shape index (κ1) is 21.4. The number of pyridine rings is 1. The lowest BCUT2D eigenvalue weighted by atomic mass is 10.0. The average molecular weight is 472 g/mol. The molecular weight excluding hydrogens is 457 g/mol. The number of amides is 1. The number of aromatic nitrogens is 6. The molecule has 5 rings (SSSR count). The lowest BCUT2D eigenvalue weighted by Gasteiger charge is -2.16. The van der Waals surface area contributed by atoms with Crippen LogP contribution in [-0.4, -0.2) is 55.6 Å². The van der Waals surface area contributed by atoms with E-state index in [9.17, 15) is 18.0 Å². The number of halogens is 3. The summed E-state index contributed by atoms with van der Waals surface area (Å²) in [7, 11) is 1.57. The summed E-state index contributed by atoms with van der Waals surface area (Å²) >= 11 is 0. The van der Waals surface area contributed by atoms with E-state index in [0.29, 0.717) is 11.5 Å². The standard InChI is InChI=1S/C20H15F3N8O3/c1-30-27-19(26-29-30)13-3-2-10(7-24-13)16-12(21)6-14(17(22)18(16)23)31-9-11(34-20(31)32)8-25-15-4-5-33-28-15/h2-7,11H,8-9H2,1H3,(H,25,28)/t11-/m0/s1. The number of nitrogens with one attached hydrogen (secondary N) is 1. The normalized spacial score (nSPS) is 15.6. The summed E-state index contributed by atoms with van der Waals surface area (Å²) in [4.78, 5) is 18.4. The van der Waals surface area contributed by atoms with E-state index in [-0.39, 0.29) is 24.5 Å². The smallest absolute Gasteiger partial charge is 0.414 e. The van der Waals surface area contributed by atoms with Crippen molar-refractivity contribution in [3.05, 3.63) is 54.2 Å². The number of carbonyl (C=O) groups excluding carboxylic acids is 1. The molecule has 1 fully saturated rings. The Labute approximate surface area is 189 Å². The molecule has 4 aromatic rings. The van der Waals surface area contributed by atoms with E-state index < -0.39 is 40.9 Å². The van der Waals surface area contributed by atoms with E-state index in [4.69, 9.17) is 4.74 Å². The molecule has 0 aliphatic carbocycles. The Balaban J connectivity index is 1.38. The number of rotatable bonds is 6. The number of hydrogen-bond acceptors (Lipinski definition) is 9. The van der Waals surface area contributed by atoms with Gasteiger partial charge in [-0.15, -0.1) is 10.2 Å². The third kappa shape index (κ3) is 3.89. The molecule has 174 valence electrons. The van der Waals surface area contributed by atoms with Gasteiger partial charge >= 0.3 is 6.09 Å². The number of aryl methyl sites for hydroxylation is 1. The minimum absolute atomic E-state index is 0.00761. The lowest BCUT2D eigenvalue weighted by Crippen LogP contribution is -2.28. The molecular formula is C20H15F3N8O3. The fourth-order valence-electron chi connectivity index (χ4n) is 3.45. The van der Waals surface area contributed by atoms with Gasteiger partial charge in [-0.2, -0.15) is 4.80 Å². The van der Waals surface area contributed by atoms with Crippen LogP contribution in [0.1, 0.15) is 0 Å². The van der Waals surface area contributed by atoms with Gasteiger partial charge in [-0.3, -0.25) is 9.88 Å². The van der Waals surface area contributed by atoms with Crippen LogP contribution in [0.5, 0.6) is 0 Å². The zero-order valence-corrected chi connectivity index (χ0v) is 17.4. The highest BCUT2D eigenvalue weighted by Crippen LogP contribution is 2.35. The molecule has 1 aliphatic heterocycles. The van der Waals surface area contributed by atoms with Crippen molar-refractivity contribution in [2.45, 2.75) is 6.10 Å². The third-order valence-electron chi connectivity index (χ3n) is 5.04. The van der Waals surface area contributed by atoms with Crippen molar-refractivity contribution in [3.63, 3.8) is 0 Å². The van der Waals surface area contributed by atoms with Gasteiger partial charge in [0.05, 0.1) is 31.4 Å². The lowest BCUT2D eigenvalue weighted by molar-refractivity contribution is 0.147. The Morgan fingerprint density at radius 1 is 1.21 bits per heavy atom. The van der Waals surface area contributed by atoms with E-state index in [1.54, 1.807) is 13.1 Å². The Morgan fingerprint density at radius 2 is 2.06 bits per heavy atom. The number of hydrogen-bond donors (Lipinski definition) is 1. The maximum atomic E-state index is 15.0. The van der Waals surface area contributed by atoms with Crippen molar-refractivity contribution >= 4 is 17.6 Å². The molecule has 11 nitrogen and oxygen atoms in total. The van der Waals surface area contributed by atoms with Crippen molar-refractivity contribution in [2.75, 3.05) is 23.3 Å². The van der Waals surface area contributed by atoms with Crippen LogP contribution in [0.3, 0.4) is 0 Å². The summed E-state index contributed by atoms with van der Waals surface area (Å²) in [6.07, 6.45) is 0.885. The molecule has 1 amide bonds. The SMILES string of the molecule is Cn1nnc(-c2ccc(-c3c(F)cc(N4C[C@H](CNc5ccon5)OC4=O)c(F)c3F)cn2)n1. The molecule has 0 spiro atoms. The number of cyclic esters (lactones) is 1. The topological polar surface area (TPSA) is 124 Å². The van der Waals surface area contributed by atoms with Crippen LogP contribution in [0.25, 0.3) is 22.6 Å². The first-order chi connectivity index (χ1) is 16.4. The van der Waals surface area contributed by atoms with Crippen LogP contribution in [-0.2, 0) is 11.8 Å². The zero-order valence-electron chi connectivity index (χ0n) is 17.4. The number of carbonyl (C=O) groups is 1. The van der Waals surface area contributed by atoms with Gasteiger partial charge in [-0.05, 0) is 11.3 Å². The number of tetrazole rings is 1. The van der Waals surface area contributed by atoms with Gasteiger partial charge in [0.25, 0.3) is 0 Å². The minimum atomic E-state index is -1.46. The summed E-state index contributed by atoms with van der Waals surface area (Å²) in [5, 5.41) is 18.0. The highest BCUT2D eigenvalue weighted by molar-refractivity contribution is 5.90. The Kier molecular flexibility index (Phi) is 5.31. The van der Waals surface area contributed by atoms with Gasteiger partial charge in [-0.1, -0.05) is 11.2 Å². The first-order valence-electron chi connectivity index (χ1n) is 9.91. The average Bonchev–Trinajstić information content (AvgIpc) is 3.57. The largest absolute Gasteiger partial charge is 0.442 e. The third-order valence-corrected chi connectivity index (χ3v) is 5.04. The number of ether oxygens (including phenoxy) is 1. The van der Waals surface area contributed by atoms with E-state index in [0.717, 1.165) is 11.0 Å². The van der Waals surface area contributed by atoms with Gasteiger partial charge in [0.15, 0.2) is 17.5 Å². The van der Waals surface area contributed by atoms with Crippen LogP contribution in [0.2, 0.25) is 0 Å². The van der Waals surface area contributed by atoms with Crippen LogP contribution in [0, 0.1) is 17.5 Å². The molecule has 4 heterocycles. The highest BCUT2D eigenvalue weighted by atomic mass is 19.2. The molecule has 1 aromatic carbocycles. The minimum Gasteiger partial charge on any atom is -0.442 e. The molecule has 0 saturated carbocycles. The zero-order chi connectivity index (χ0) is 23.8. The second-order valence-electron chi connectivity index (χ2n) is 7.30. The van der Waals surface area contributed by atoms with Gasteiger partial charge < -0.3 is 14.6 Å². The fraction of sp³-hybridized carbons (Fsp3) is 0.200. The van der Waals surface area contributed by atoms with Crippen molar-refractivity contribution in [1.82, 2.24) is 30.3 Å². The summed E-state index contributed by atoms with van der Waals surface area (Å²) in [5.74, 6) is -3.29. The predicted octanol–water partition coefficient (Wildman–Crippen LogP) is 2.78. The number of benzene rings is 1. The van der Waals surface area contributed by atoms with E-state index in [1.165, 1.54) is 29.4 Å². The quantitative estimate of drug-likeness (QED) is 0.422. The van der Waals surface area contributed by atoms with Crippen LogP contribution >= 0.6 is 0 Å².